The van der Waals surface area contributed by atoms with E-state index in [-0.39, 0.29) is 0 Å². The first-order valence-electron chi connectivity index (χ1n) is 6.62. The molecular formula is C15H19N3. The molecule has 1 N–H and O–H groups in total. The summed E-state index contributed by atoms with van der Waals surface area (Å²) >= 11 is 0. The third kappa shape index (κ3) is 2.50. The fraction of sp³-hybridized carbons (Fsp3) is 0.333. The van der Waals surface area contributed by atoms with Gasteiger partial charge in [0.15, 0.2) is 0 Å². The van der Waals surface area contributed by atoms with E-state index in [1.165, 1.54) is 37.2 Å². The summed E-state index contributed by atoms with van der Waals surface area (Å²) in [6.07, 6.45) is 6.69. The van der Waals surface area contributed by atoms with Crippen molar-refractivity contribution < 1.29 is 0 Å². The van der Waals surface area contributed by atoms with E-state index >= 15 is 0 Å². The Hall–Kier alpha value is -1.90. The molecule has 3 heteroatoms. The summed E-state index contributed by atoms with van der Waals surface area (Å²) < 4.78 is 1.98. The first kappa shape index (κ1) is 11.2. The second-order valence-corrected chi connectivity index (χ2v) is 4.79. The van der Waals surface area contributed by atoms with Crippen LogP contribution in [-0.2, 0) is 6.54 Å². The van der Waals surface area contributed by atoms with Crippen LogP contribution >= 0.6 is 0 Å². The standard InChI is InChI=1S/C15H19N3/c1-2-10-17(9-1)15-7-5-14(6-8-15)13-16-18-11-3-4-12-18/h3-8,11-12,16H,1-2,9-10,13H2. The average molecular weight is 241 g/mol. The topological polar surface area (TPSA) is 20.2 Å². The van der Waals surface area contributed by atoms with Crippen LogP contribution in [0.15, 0.2) is 48.8 Å². The molecule has 2 aromatic rings. The molecule has 0 bridgehead atoms. The Bertz CT molecular complexity index is 467. The zero-order valence-electron chi connectivity index (χ0n) is 10.5. The number of hydrogen-bond donors (Lipinski definition) is 1. The highest BCUT2D eigenvalue weighted by molar-refractivity contribution is 5.48. The molecule has 0 radical (unpaired) electrons. The summed E-state index contributed by atoms with van der Waals surface area (Å²) in [6.45, 7) is 3.27. The van der Waals surface area contributed by atoms with Crippen molar-refractivity contribution in [3.05, 3.63) is 54.4 Å². The van der Waals surface area contributed by atoms with Crippen LogP contribution in [0.5, 0.6) is 0 Å². The van der Waals surface area contributed by atoms with Crippen molar-refractivity contribution in [1.82, 2.24) is 4.68 Å². The van der Waals surface area contributed by atoms with Gasteiger partial charge in [-0.25, -0.2) is 0 Å². The molecule has 2 heterocycles. The zero-order valence-corrected chi connectivity index (χ0v) is 10.5. The summed E-state index contributed by atoms with van der Waals surface area (Å²) in [4.78, 5) is 2.46. The molecule has 0 spiro atoms. The molecule has 0 saturated carbocycles. The van der Waals surface area contributed by atoms with Gasteiger partial charge in [-0.1, -0.05) is 12.1 Å². The van der Waals surface area contributed by atoms with Crippen molar-refractivity contribution in [2.45, 2.75) is 19.4 Å². The highest BCUT2D eigenvalue weighted by Gasteiger charge is 2.11. The van der Waals surface area contributed by atoms with E-state index in [1.807, 2.05) is 29.2 Å². The van der Waals surface area contributed by atoms with Crippen LogP contribution in [0.2, 0.25) is 0 Å². The van der Waals surface area contributed by atoms with Crippen LogP contribution in [0.3, 0.4) is 0 Å². The number of nitrogens with one attached hydrogen (secondary N) is 1. The first-order chi connectivity index (χ1) is 8.92. The molecule has 94 valence electrons. The third-order valence-corrected chi connectivity index (χ3v) is 3.48. The summed E-state index contributed by atoms with van der Waals surface area (Å²) in [6, 6.07) is 12.9. The van der Waals surface area contributed by atoms with Crippen LogP contribution in [0.1, 0.15) is 18.4 Å². The highest BCUT2D eigenvalue weighted by atomic mass is 15.4. The molecule has 1 aromatic heterocycles. The SMILES string of the molecule is c1ccn(NCc2ccc(N3CCCC3)cc2)c1. The van der Waals surface area contributed by atoms with Crippen molar-refractivity contribution in [2.75, 3.05) is 23.4 Å². The summed E-state index contributed by atoms with van der Waals surface area (Å²) in [5.74, 6) is 0. The Morgan fingerprint density at radius 3 is 2.28 bits per heavy atom. The molecule has 1 aliphatic rings. The number of benzene rings is 1. The van der Waals surface area contributed by atoms with Gasteiger partial charge in [0.2, 0.25) is 0 Å². The van der Waals surface area contributed by atoms with E-state index in [9.17, 15) is 0 Å². The van der Waals surface area contributed by atoms with Gasteiger partial charge >= 0.3 is 0 Å². The number of anilines is 1. The Morgan fingerprint density at radius 2 is 1.61 bits per heavy atom. The molecule has 1 aliphatic heterocycles. The smallest absolute Gasteiger partial charge is 0.0564 e. The van der Waals surface area contributed by atoms with E-state index in [2.05, 4.69) is 34.6 Å². The lowest BCUT2D eigenvalue weighted by molar-refractivity contribution is 0.846. The summed E-state index contributed by atoms with van der Waals surface area (Å²) in [7, 11) is 0. The van der Waals surface area contributed by atoms with Crippen LogP contribution < -0.4 is 10.3 Å². The fourth-order valence-corrected chi connectivity index (χ4v) is 2.42. The van der Waals surface area contributed by atoms with Gasteiger partial charge in [-0.05, 0) is 42.7 Å². The normalized spacial score (nSPS) is 15.0. The molecule has 0 unspecified atom stereocenters. The maximum atomic E-state index is 3.33. The maximum absolute atomic E-state index is 3.33. The molecule has 0 atom stereocenters. The van der Waals surface area contributed by atoms with Gasteiger partial charge in [0.05, 0.1) is 6.54 Å². The molecular weight excluding hydrogens is 222 g/mol. The van der Waals surface area contributed by atoms with Gasteiger partial charge in [-0.2, -0.15) is 0 Å². The summed E-state index contributed by atoms with van der Waals surface area (Å²) in [5.41, 5.74) is 6.00. The van der Waals surface area contributed by atoms with Crippen LogP contribution in [0.4, 0.5) is 5.69 Å². The third-order valence-electron chi connectivity index (χ3n) is 3.48. The lowest BCUT2D eigenvalue weighted by Gasteiger charge is -2.17. The molecule has 18 heavy (non-hydrogen) atoms. The second-order valence-electron chi connectivity index (χ2n) is 4.79. The Morgan fingerprint density at radius 1 is 0.944 bits per heavy atom. The minimum atomic E-state index is 0.856. The molecule has 1 aromatic carbocycles. The number of rotatable bonds is 4. The molecule has 1 fully saturated rings. The van der Waals surface area contributed by atoms with Gasteiger partial charge in [-0.3, -0.25) is 4.68 Å². The van der Waals surface area contributed by atoms with Crippen molar-refractivity contribution in [3.63, 3.8) is 0 Å². The first-order valence-corrected chi connectivity index (χ1v) is 6.62. The minimum Gasteiger partial charge on any atom is -0.372 e. The number of nitrogens with zero attached hydrogens (tertiary/aromatic N) is 2. The van der Waals surface area contributed by atoms with Gasteiger partial charge in [0, 0.05) is 31.2 Å². The van der Waals surface area contributed by atoms with Crippen LogP contribution in [0.25, 0.3) is 0 Å². The predicted octanol–water partition coefficient (Wildman–Crippen LogP) is 2.83. The molecule has 3 nitrogen and oxygen atoms in total. The Kier molecular flexibility index (Phi) is 3.22. The van der Waals surface area contributed by atoms with E-state index in [1.54, 1.807) is 0 Å². The largest absolute Gasteiger partial charge is 0.372 e. The highest BCUT2D eigenvalue weighted by Crippen LogP contribution is 2.20. The average Bonchev–Trinajstić information content (AvgIpc) is 3.10. The number of hydrogen-bond acceptors (Lipinski definition) is 2. The van der Waals surface area contributed by atoms with Gasteiger partial charge in [-0.15, -0.1) is 0 Å². The van der Waals surface area contributed by atoms with Gasteiger partial charge < -0.3 is 10.3 Å². The predicted molar refractivity (Wildman–Crippen MR) is 75.4 cm³/mol. The van der Waals surface area contributed by atoms with E-state index in [0.717, 1.165) is 6.54 Å². The Balaban J connectivity index is 1.60. The fourth-order valence-electron chi connectivity index (χ4n) is 2.42. The summed E-state index contributed by atoms with van der Waals surface area (Å²) in [5, 5.41) is 0. The Labute approximate surface area is 108 Å². The van der Waals surface area contributed by atoms with E-state index < -0.39 is 0 Å². The van der Waals surface area contributed by atoms with E-state index in [0.29, 0.717) is 0 Å². The zero-order chi connectivity index (χ0) is 12.2. The number of aromatic nitrogens is 1. The van der Waals surface area contributed by atoms with Crippen molar-refractivity contribution in [2.24, 2.45) is 0 Å². The molecule has 3 rings (SSSR count). The maximum Gasteiger partial charge on any atom is 0.0564 e. The van der Waals surface area contributed by atoms with Crippen LogP contribution in [0, 0.1) is 0 Å². The molecule has 0 amide bonds. The second kappa shape index (κ2) is 5.17. The van der Waals surface area contributed by atoms with Crippen molar-refractivity contribution >= 4 is 5.69 Å². The lowest BCUT2D eigenvalue weighted by atomic mass is 10.2. The van der Waals surface area contributed by atoms with Crippen molar-refractivity contribution in [1.29, 1.82) is 0 Å². The van der Waals surface area contributed by atoms with Gasteiger partial charge in [0.25, 0.3) is 0 Å². The molecule has 0 aliphatic carbocycles. The van der Waals surface area contributed by atoms with E-state index in [4.69, 9.17) is 0 Å². The van der Waals surface area contributed by atoms with Gasteiger partial charge in [0.1, 0.15) is 0 Å². The lowest BCUT2D eigenvalue weighted by Crippen LogP contribution is -2.17. The monoisotopic (exact) mass is 241 g/mol. The van der Waals surface area contributed by atoms with Crippen molar-refractivity contribution in [3.8, 4) is 0 Å². The molecule has 1 saturated heterocycles. The van der Waals surface area contributed by atoms with Crippen LogP contribution in [-0.4, -0.2) is 17.8 Å². The minimum absolute atomic E-state index is 0.856. The quantitative estimate of drug-likeness (QED) is 0.888.